The molecule has 0 aliphatic rings. The van der Waals surface area contributed by atoms with E-state index in [1.165, 1.54) is 11.8 Å². The lowest BCUT2D eigenvalue weighted by molar-refractivity contribution is -0.118. The fraction of sp³-hybridized carbons (Fsp3) is 0.348. The Bertz CT molecular complexity index is 1080. The second-order valence-electron chi connectivity index (χ2n) is 7.04. The van der Waals surface area contributed by atoms with Crippen molar-refractivity contribution in [2.24, 2.45) is 0 Å². The van der Waals surface area contributed by atoms with Crippen LogP contribution in [-0.2, 0) is 22.6 Å². The van der Waals surface area contributed by atoms with Crippen LogP contribution < -0.4 is 14.8 Å². The van der Waals surface area contributed by atoms with E-state index in [0.717, 1.165) is 17.5 Å². The van der Waals surface area contributed by atoms with Crippen LogP contribution >= 0.6 is 23.4 Å². The van der Waals surface area contributed by atoms with Crippen molar-refractivity contribution in [3.8, 4) is 22.9 Å². The van der Waals surface area contributed by atoms with Crippen molar-refractivity contribution < 1.29 is 19.0 Å². The number of halogens is 1. The Morgan fingerprint density at radius 1 is 1.09 bits per heavy atom. The SMILES string of the molecule is COCCCn1c(SCC(=O)NCc2ccc(OC)c(OC)c2)nnc1-c1ccccc1Cl. The summed E-state index contributed by atoms with van der Waals surface area (Å²) < 4.78 is 17.7. The first-order valence-corrected chi connectivity index (χ1v) is 11.7. The lowest BCUT2D eigenvalue weighted by atomic mass is 10.2. The summed E-state index contributed by atoms with van der Waals surface area (Å²) in [6.45, 7) is 1.64. The molecule has 0 aliphatic heterocycles. The largest absolute Gasteiger partial charge is 0.493 e. The van der Waals surface area contributed by atoms with Gasteiger partial charge in [0.25, 0.3) is 0 Å². The summed E-state index contributed by atoms with van der Waals surface area (Å²) in [7, 11) is 4.83. The molecule has 3 aromatic rings. The maximum Gasteiger partial charge on any atom is 0.230 e. The summed E-state index contributed by atoms with van der Waals surface area (Å²) in [5, 5.41) is 12.8. The van der Waals surface area contributed by atoms with Crippen LogP contribution in [0.2, 0.25) is 5.02 Å². The molecule has 3 rings (SSSR count). The van der Waals surface area contributed by atoms with E-state index in [4.69, 9.17) is 25.8 Å². The van der Waals surface area contributed by atoms with E-state index in [9.17, 15) is 4.79 Å². The molecule has 33 heavy (non-hydrogen) atoms. The minimum atomic E-state index is -0.111. The molecule has 1 aromatic heterocycles. The number of hydrogen-bond acceptors (Lipinski definition) is 7. The van der Waals surface area contributed by atoms with Crippen molar-refractivity contribution in [3.05, 3.63) is 53.1 Å². The topological polar surface area (TPSA) is 87.5 Å². The van der Waals surface area contributed by atoms with Crippen molar-refractivity contribution in [1.29, 1.82) is 0 Å². The lowest BCUT2D eigenvalue weighted by Gasteiger charge is -2.11. The normalized spacial score (nSPS) is 10.8. The molecule has 8 nitrogen and oxygen atoms in total. The molecule has 1 amide bonds. The van der Waals surface area contributed by atoms with Crippen molar-refractivity contribution >= 4 is 29.3 Å². The number of methoxy groups -OCH3 is 3. The number of hydrogen-bond donors (Lipinski definition) is 1. The summed E-state index contributed by atoms with van der Waals surface area (Å²) in [6.07, 6.45) is 0.783. The van der Waals surface area contributed by atoms with Gasteiger partial charge in [0.1, 0.15) is 0 Å². The number of aromatic nitrogens is 3. The van der Waals surface area contributed by atoms with Crippen LogP contribution in [0, 0.1) is 0 Å². The smallest absolute Gasteiger partial charge is 0.230 e. The second-order valence-corrected chi connectivity index (χ2v) is 8.39. The quantitative estimate of drug-likeness (QED) is 0.302. The van der Waals surface area contributed by atoms with Crippen molar-refractivity contribution in [1.82, 2.24) is 20.1 Å². The Balaban J connectivity index is 1.65. The van der Waals surface area contributed by atoms with Crippen molar-refractivity contribution in [3.63, 3.8) is 0 Å². The Labute approximate surface area is 202 Å². The van der Waals surface area contributed by atoms with Crippen LogP contribution in [0.15, 0.2) is 47.6 Å². The maximum absolute atomic E-state index is 12.5. The van der Waals surface area contributed by atoms with Crippen molar-refractivity contribution in [2.75, 3.05) is 33.7 Å². The van der Waals surface area contributed by atoms with E-state index in [-0.39, 0.29) is 11.7 Å². The fourth-order valence-electron chi connectivity index (χ4n) is 3.18. The molecule has 1 N–H and O–H groups in total. The van der Waals surface area contributed by atoms with Crippen LogP contribution in [0.3, 0.4) is 0 Å². The summed E-state index contributed by atoms with van der Waals surface area (Å²) >= 11 is 7.71. The van der Waals surface area contributed by atoms with Gasteiger partial charge >= 0.3 is 0 Å². The molecule has 10 heteroatoms. The molecule has 0 saturated carbocycles. The van der Waals surface area contributed by atoms with Gasteiger partial charge in [0.15, 0.2) is 22.5 Å². The summed E-state index contributed by atoms with van der Waals surface area (Å²) in [5.74, 6) is 2.03. The molecule has 176 valence electrons. The molecule has 0 unspecified atom stereocenters. The number of nitrogens with zero attached hydrogens (tertiary/aromatic N) is 3. The van der Waals surface area contributed by atoms with E-state index in [1.807, 2.05) is 47.0 Å². The molecule has 2 aromatic carbocycles. The minimum Gasteiger partial charge on any atom is -0.493 e. The molecule has 0 saturated heterocycles. The first-order chi connectivity index (χ1) is 16.1. The highest BCUT2D eigenvalue weighted by atomic mass is 35.5. The van der Waals surface area contributed by atoms with Gasteiger partial charge in [-0.15, -0.1) is 10.2 Å². The highest BCUT2D eigenvalue weighted by molar-refractivity contribution is 7.99. The fourth-order valence-corrected chi connectivity index (χ4v) is 4.19. The lowest BCUT2D eigenvalue weighted by Crippen LogP contribution is -2.24. The van der Waals surface area contributed by atoms with E-state index in [0.29, 0.717) is 47.2 Å². The molecule has 0 aliphatic carbocycles. The van der Waals surface area contributed by atoms with E-state index >= 15 is 0 Å². The Kier molecular flexibility index (Phi) is 9.41. The number of benzene rings is 2. The van der Waals surface area contributed by atoms with Gasteiger partial charge in [0.2, 0.25) is 5.91 Å². The molecule has 1 heterocycles. The van der Waals surface area contributed by atoms with E-state index < -0.39 is 0 Å². The van der Waals surface area contributed by atoms with Crippen molar-refractivity contribution in [2.45, 2.75) is 24.7 Å². The number of nitrogens with one attached hydrogen (secondary N) is 1. The van der Waals surface area contributed by atoms with E-state index in [1.54, 1.807) is 21.3 Å². The van der Waals surface area contributed by atoms with Crippen LogP contribution in [0.25, 0.3) is 11.4 Å². The first-order valence-electron chi connectivity index (χ1n) is 10.3. The van der Waals surface area contributed by atoms with Gasteiger partial charge < -0.3 is 24.1 Å². The third kappa shape index (κ3) is 6.63. The predicted molar refractivity (Wildman–Crippen MR) is 129 cm³/mol. The van der Waals surface area contributed by atoms with Gasteiger partial charge in [-0.3, -0.25) is 4.79 Å². The molecular formula is C23H27ClN4O4S. The number of carbonyl (C=O) groups excluding carboxylic acids is 1. The molecule has 0 radical (unpaired) electrons. The molecular weight excluding hydrogens is 464 g/mol. The first kappa shape index (κ1) is 24.9. The molecule has 0 spiro atoms. The second kappa shape index (κ2) is 12.5. The number of thioether (sulfide) groups is 1. The summed E-state index contributed by atoms with van der Waals surface area (Å²) in [5.41, 5.74) is 1.71. The molecule has 0 fully saturated rings. The minimum absolute atomic E-state index is 0.111. The van der Waals surface area contributed by atoms with Gasteiger partial charge in [-0.1, -0.05) is 41.6 Å². The summed E-state index contributed by atoms with van der Waals surface area (Å²) in [4.78, 5) is 12.5. The predicted octanol–water partition coefficient (Wildman–Crippen LogP) is 4.06. The zero-order valence-corrected chi connectivity index (χ0v) is 20.4. The number of rotatable bonds is 12. The average Bonchev–Trinajstić information content (AvgIpc) is 3.24. The monoisotopic (exact) mass is 490 g/mol. The van der Waals surface area contributed by atoms with Gasteiger partial charge in [0, 0.05) is 32.4 Å². The van der Waals surface area contributed by atoms with E-state index in [2.05, 4.69) is 15.5 Å². The number of amides is 1. The van der Waals surface area contributed by atoms with Crippen LogP contribution in [0.4, 0.5) is 0 Å². The third-order valence-electron chi connectivity index (χ3n) is 4.83. The van der Waals surface area contributed by atoms with Crippen LogP contribution in [0.1, 0.15) is 12.0 Å². The van der Waals surface area contributed by atoms with Gasteiger partial charge in [-0.2, -0.15) is 0 Å². The zero-order valence-electron chi connectivity index (χ0n) is 18.8. The van der Waals surface area contributed by atoms with Gasteiger partial charge in [-0.05, 0) is 36.2 Å². The molecule has 0 bridgehead atoms. The highest BCUT2D eigenvalue weighted by Crippen LogP contribution is 2.30. The maximum atomic E-state index is 12.5. The highest BCUT2D eigenvalue weighted by Gasteiger charge is 2.17. The average molecular weight is 491 g/mol. The third-order valence-corrected chi connectivity index (χ3v) is 6.13. The Morgan fingerprint density at radius 3 is 2.61 bits per heavy atom. The standard InChI is InChI=1S/C23H27ClN4O4S/c1-30-12-6-11-28-22(17-7-4-5-8-18(17)24)26-27-23(28)33-15-21(29)25-14-16-9-10-19(31-2)20(13-16)32-3/h4-5,7-10,13H,6,11-12,14-15H2,1-3H3,(H,25,29). The van der Waals surface area contributed by atoms with Gasteiger partial charge in [0.05, 0.1) is 25.0 Å². The van der Waals surface area contributed by atoms with Crippen LogP contribution in [-0.4, -0.2) is 54.4 Å². The zero-order chi connectivity index (χ0) is 23.6. The number of ether oxygens (including phenoxy) is 3. The molecule has 0 atom stereocenters. The number of carbonyl (C=O) groups is 1. The van der Waals surface area contributed by atoms with Crippen LogP contribution in [0.5, 0.6) is 11.5 Å². The Morgan fingerprint density at radius 2 is 1.88 bits per heavy atom. The summed E-state index contributed by atoms with van der Waals surface area (Å²) in [6, 6.07) is 13.0. The Hall–Kier alpha value is -2.75. The van der Waals surface area contributed by atoms with Gasteiger partial charge in [-0.25, -0.2) is 0 Å².